The Morgan fingerprint density at radius 1 is 1.00 bits per heavy atom. The Kier molecular flexibility index (Phi) is 7.10. The number of nitrogens with two attached hydrogens (primary N) is 1. The minimum Gasteiger partial charge on any atom is -0.493 e. The number of nitrogens with zero attached hydrogens (tertiary/aromatic N) is 6. The van der Waals surface area contributed by atoms with E-state index in [1.54, 1.807) is 37.4 Å². The molecule has 12 heteroatoms. The van der Waals surface area contributed by atoms with Gasteiger partial charge in [0.05, 0.1) is 29.2 Å². The van der Waals surface area contributed by atoms with E-state index in [1.165, 1.54) is 0 Å². The van der Waals surface area contributed by atoms with E-state index < -0.39 is 0 Å². The van der Waals surface area contributed by atoms with Gasteiger partial charge < -0.3 is 24.6 Å². The summed E-state index contributed by atoms with van der Waals surface area (Å²) in [6.45, 7) is 4.72. The average molecular weight is 530 g/mol. The topological polar surface area (TPSA) is 116 Å². The smallest absolute Gasteiger partial charge is 0.264 e. The quantitative estimate of drug-likeness (QED) is 0.377. The number of ether oxygens (including phenoxy) is 2. The van der Waals surface area contributed by atoms with Gasteiger partial charge in [-0.05, 0) is 31.3 Å². The molecule has 10 nitrogen and oxygen atoms in total. The number of piperazine rings is 1. The third-order valence-corrected chi connectivity index (χ3v) is 6.75. The summed E-state index contributed by atoms with van der Waals surface area (Å²) in [5.74, 6) is 2.67. The number of rotatable bonds is 7. The zero-order valence-corrected chi connectivity index (χ0v) is 21.4. The lowest BCUT2D eigenvalue weighted by Crippen LogP contribution is -2.44. The molecule has 1 fully saturated rings. The first-order valence-corrected chi connectivity index (χ1v) is 12.1. The van der Waals surface area contributed by atoms with Crippen LogP contribution in [0.15, 0.2) is 34.9 Å². The van der Waals surface area contributed by atoms with E-state index in [9.17, 15) is 0 Å². The van der Waals surface area contributed by atoms with E-state index in [-0.39, 0.29) is 6.61 Å². The molecule has 5 rings (SSSR count). The molecule has 0 radical (unpaired) electrons. The van der Waals surface area contributed by atoms with E-state index in [2.05, 4.69) is 37.0 Å². The van der Waals surface area contributed by atoms with Crippen molar-refractivity contribution < 1.29 is 14.0 Å². The molecule has 1 aliphatic rings. The van der Waals surface area contributed by atoms with Gasteiger partial charge in [-0.2, -0.15) is 4.98 Å². The highest BCUT2D eigenvalue weighted by Gasteiger charge is 2.18. The van der Waals surface area contributed by atoms with Crippen LogP contribution in [-0.2, 0) is 13.2 Å². The number of anilines is 1. The fraction of sp³-hybridized carbons (Fsp3) is 0.333. The van der Waals surface area contributed by atoms with Gasteiger partial charge in [0.15, 0.2) is 29.8 Å². The minimum absolute atomic E-state index is 0.0812. The number of aromatic nitrogens is 4. The second-order valence-electron chi connectivity index (χ2n) is 8.55. The maximum absolute atomic E-state index is 6.24. The van der Waals surface area contributed by atoms with Gasteiger partial charge in [-0.25, -0.2) is 9.97 Å². The Hall–Kier alpha value is -3.18. The molecule has 0 saturated carbocycles. The van der Waals surface area contributed by atoms with E-state index in [0.717, 1.165) is 26.2 Å². The van der Waals surface area contributed by atoms with Crippen molar-refractivity contribution in [3.8, 4) is 22.9 Å². The molecule has 3 heterocycles. The first kappa shape index (κ1) is 24.5. The summed E-state index contributed by atoms with van der Waals surface area (Å²) in [6, 6.07) is 8.65. The van der Waals surface area contributed by atoms with Crippen LogP contribution in [-0.4, -0.2) is 70.2 Å². The van der Waals surface area contributed by atoms with Crippen molar-refractivity contribution in [3.05, 3.63) is 52.1 Å². The summed E-state index contributed by atoms with van der Waals surface area (Å²) in [4.78, 5) is 18.2. The number of hydrogen-bond acceptors (Lipinski definition) is 10. The van der Waals surface area contributed by atoms with E-state index in [0.29, 0.717) is 67.9 Å². The number of hydrogen-bond donors (Lipinski definition) is 1. The monoisotopic (exact) mass is 529 g/mol. The minimum atomic E-state index is 0.0812. The first-order chi connectivity index (χ1) is 17.4. The van der Waals surface area contributed by atoms with Crippen molar-refractivity contribution in [3.63, 3.8) is 0 Å². The number of fused-ring (bicyclic) bond motifs is 1. The third-order valence-electron chi connectivity index (χ3n) is 6.01. The Bertz CT molecular complexity index is 1390. The molecule has 0 bridgehead atoms. The van der Waals surface area contributed by atoms with Crippen molar-refractivity contribution in [1.29, 1.82) is 0 Å². The Balaban J connectivity index is 1.35. The maximum Gasteiger partial charge on any atom is 0.264 e. The lowest BCUT2D eigenvalue weighted by Gasteiger charge is -2.31. The van der Waals surface area contributed by atoms with Crippen LogP contribution in [0.5, 0.6) is 11.5 Å². The summed E-state index contributed by atoms with van der Waals surface area (Å²) in [5, 5.41) is 5.58. The molecule has 0 atom stereocenters. The van der Waals surface area contributed by atoms with Gasteiger partial charge in [-0.1, -0.05) is 28.4 Å². The lowest BCUT2D eigenvalue weighted by atomic mass is 10.1. The number of nitrogen functional groups attached to an aromatic ring is 1. The normalized spacial score (nSPS) is 14.9. The molecule has 0 spiro atoms. The van der Waals surface area contributed by atoms with Crippen LogP contribution in [0.4, 0.5) is 5.82 Å². The van der Waals surface area contributed by atoms with Crippen molar-refractivity contribution in [2.24, 2.45) is 0 Å². The van der Waals surface area contributed by atoms with Crippen LogP contribution in [0.3, 0.4) is 0 Å². The predicted molar refractivity (Wildman–Crippen MR) is 137 cm³/mol. The number of benzene rings is 2. The Labute approximate surface area is 217 Å². The predicted octanol–water partition coefficient (Wildman–Crippen LogP) is 3.90. The highest BCUT2D eigenvalue weighted by Crippen LogP contribution is 2.35. The molecular weight excluding hydrogens is 505 g/mol. The molecule has 0 amide bonds. The largest absolute Gasteiger partial charge is 0.493 e. The molecule has 36 heavy (non-hydrogen) atoms. The van der Waals surface area contributed by atoms with Crippen molar-refractivity contribution in [1.82, 2.24) is 29.9 Å². The van der Waals surface area contributed by atoms with E-state index >= 15 is 0 Å². The highest BCUT2D eigenvalue weighted by atomic mass is 35.5. The number of likely N-dealkylation sites (N-methyl/N-ethyl adjacent to an activating group) is 1. The Morgan fingerprint density at radius 2 is 1.81 bits per heavy atom. The summed E-state index contributed by atoms with van der Waals surface area (Å²) < 4.78 is 16.9. The van der Waals surface area contributed by atoms with Crippen LogP contribution in [0.2, 0.25) is 10.0 Å². The molecule has 2 aromatic carbocycles. The van der Waals surface area contributed by atoms with Gasteiger partial charge >= 0.3 is 0 Å². The SMILES string of the molecule is COc1cc2c(N)nc(-c3ccc(Cl)c(Cl)c3)nc2cc1OCc1nc(CN2CCN(C)CC2)no1. The Morgan fingerprint density at radius 3 is 2.56 bits per heavy atom. The molecule has 0 aliphatic carbocycles. The average Bonchev–Trinajstić information content (AvgIpc) is 3.32. The standard InChI is InChI=1S/C24H25Cl2N7O3/c1-32-5-7-33(8-6-32)12-21-29-22(36-31-21)13-35-20-11-18-15(10-19(20)34-2)23(27)30-24(28-18)14-3-4-16(25)17(26)9-14/h3-4,9-11H,5-8,12-13H2,1-2H3,(H2,27,28,30). The summed E-state index contributed by atoms with van der Waals surface area (Å²) in [6.07, 6.45) is 0. The van der Waals surface area contributed by atoms with Crippen LogP contribution in [0.1, 0.15) is 11.7 Å². The number of methoxy groups -OCH3 is 1. The first-order valence-electron chi connectivity index (χ1n) is 11.4. The van der Waals surface area contributed by atoms with Gasteiger partial charge in [0.25, 0.3) is 5.89 Å². The van der Waals surface area contributed by atoms with Gasteiger partial charge in [-0.3, -0.25) is 4.90 Å². The number of halogens is 2. The van der Waals surface area contributed by atoms with Gasteiger partial charge in [-0.15, -0.1) is 0 Å². The van der Waals surface area contributed by atoms with E-state index in [4.69, 9.17) is 42.9 Å². The molecule has 1 saturated heterocycles. The third kappa shape index (κ3) is 5.31. The second kappa shape index (κ2) is 10.4. The summed E-state index contributed by atoms with van der Waals surface area (Å²) in [7, 11) is 3.67. The summed E-state index contributed by atoms with van der Waals surface area (Å²) in [5.41, 5.74) is 7.52. The highest BCUT2D eigenvalue weighted by molar-refractivity contribution is 6.42. The van der Waals surface area contributed by atoms with Crippen LogP contribution in [0, 0.1) is 0 Å². The molecule has 2 aromatic heterocycles. The van der Waals surface area contributed by atoms with Gasteiger partial charge in [0.2, 0.25) is 0 Å². The fourth-order valence-electron chi connectivity index (χ4n) is 3.96. The second-order valence-corrected chi connectivity index (χ2v) is 9.37. The van der Waals surface area contributed by atoms with Crippen LogP contribution >= 0.6 is 23.2 Å². The van der Waals surface area contributed by atoms with E-state index in [1.807, 2.05) is 0 Å². The van der Waals surface area contributed by atoms with Crippen LogP contribution < -0.4 is 15.2 Å². The van der Waals surface area contributed by atoms with Gasteiger partial charge in [0.1, 0.15) is 5.82 Å². The summed E-state index contributed by atoms with van der Waals surface area (Å²) >= 11 is 12.2. The molecule has 1 aliphatic heterocycles. The van der Waals surface area contributed by atoms with Crippen molar-refractivity contribution in [2.75, 3.05) is 46.1 Å². The maximum atomic E-state index is 6.24. The molecule has 0 unspecified atom stereocenters. The molecule has 188 valence electrons. The van der Waals surface area contributed by atoms with Gasteiger partial charge in [0, 0.05) is 43.2 Å². The lowest BCUT2D eigenvalue weighted by molar-refractivity contribution is 0.144. The zero-order chi connectivity index (χ0) is 25.2. The molecule has 2 N–H and O–H groups in total. The van der Waals surface area contributed by atoms with Crippen LogP contribution in [0.25, 0.3) is 22.3 Å². The molecular formula is C24H25Cl2N7O3. The fourth-order valence-corrected chi connectivity index (χ4v) is 4.25. The zero-order valence-electron chi connectivity index (χ0n) is 19.9. The molecule has 4 aromatic rings. The van der Waals surface area contributed by atoms with Crippen molar-refractivity contribution in [2.45, 2.75) is 13.2 Å². The van der Waals surface area contributed by atoms with Crippen molar-refractivity contribution >= 4 is 39.9 Å².